The Kier molecular flexibility index (Phi) is 3.98. The Hall–Kier alpha value is -2.19. The van der Waals surface area contributed by atoms with Crippen LogP contribution in [0.2, 0.25) is 4.47 Å². The molecule has 1 N–H and O–H groups in total. The Morgan fingerprint density at radius 3 is 3.00 bits per heavy atom. The van der Waals surface area contributed by atoms with E-state index in [-0.39, 0.29) is 0 Å². The molecule has 0 aliphatic heterocycles. The highest BCUT2D eigenvalue weighted by Crippen LogP contribution is 2.26. The molecule has 2 aromatic heterocycles. The van der Waals surface area contributed by atoms with Crippen molar-refractivity contribution in [2.24, 2.45) is 0 Å². The van der Waals surface area contributed by atoms with Gasteiger partial charge in [0.2, 0.25) is 0 Å². The van der Waals surface area contributed by atoms with Crippen LogP contribution in [0.25, 0.3) is 5.69 Å². The number of methoxy groups -OCH3 is 1. The largest absolute Gasteiger partial charge is 0.494 e. The maximum atomic E-state index is 5.81. The van der Waals surface area contributed by atoms with Gasteiger partial charge in [-0.3, -0.25) is 0 Å². The number of ether oxygens (including phenoxy) is 1. The van der Waals surface area contributed by atoms with E-state index >= 15 is 0 Å². The number of hydrogen-bond acceptors (Lipinski definition) is 7. The third-order valence-corrected chi connectivity index (χ3v) is 3.88. The summed E-state index contributed by atoms with van der Waals surface area (Å²) in [6, 6.07) is 5.71. The van der Waals surface area contributed by atoms with Crippen molar-refractivity contribution < 1.29 is 4.74 Å². The predicted molar refractivity (Wildman–Crippen MR) is 80.2 cm³/mol. The molecule has 3 aromatic rings. The summed E-state index contributed by atoms with van der Waals surface area (Å²) in [5.74, 6) is 0.676. The van der Waals surface area contributed by atoms with Crippen molar-refractivity contribution in [1.29, 1.82) is 0 Å². The Bertz CT molecular complexity index is 729. The lowest BCUT2D eigenvalue weighted by Crippen LogP contribution is -2.02. The third kappa shape index (κ3) is 3.11. The van der Waals surface area contributed by atoms with Crippen LogP contribution >= 0.6 is 22.9 Å². The number of hydrogen-bond donors (Lipinski definition) is 1. The minimum Gasteiger partial charge on any atom is -0.494 e. The number of halogens is 1. The van der Waals surface area contributed by atoms with Crippen LogP contribution in [0.15, 0.2) is 30.7 Å². The van der Waals surface area contributed by atoms with Crippen LogP contribution in [0.1, 0.15) is 4.88 Å². The summed E-state index contributed by atoms with van der Waals surface area (Å²) in [6.45, 7) is 0.651. The molecule has 0 saturated carbocycles. The van der Waals surface area contributed by atoms with Gasteiger partial charge in [-0.15, -0.1) is 16.4 Å². The van der Waals surface area contributed by atoms with Gasteiger partial charge in [0.25, 0.3) is 0 Å². The van der Waals surface area contributed by atoms with Crippen molar-refractivity contribution in [3.63, 3.8) is 0 Å². The fourth-order valence-electron chi connectivity index (χ4n) is 1.80. The van der Waals surface area contributed by atoms with Gasteiger partial charge in [-0.1, -0.05) is 11.6 Å². The Morgan fingerprint density at radius 2 is 2.33 bits per heavy atom. The quantitative estimate of drug-likeness (QED) is 0.777. The van der Waals surface area contributed by atoms with Crippen molar-refractivity contribution >= 4 is 28.6 Å². The van der Waals surface area contributed by atoms with E-state index in [1.54, 1.807) is 18.0 Å². The molecule has 7 nitrogen and oxygen atoms in total. The second kappa shape index (κ2) is 6.06. The van der Waals surface area contributed by atoms with Gasteiger partial charge in [0, 0.05) is 22.8 Å². The topological polar surface area (TPSA) is 77.8 Å². The molecule has 0 radical (unpaired) electrons. The molecule has 2 heterocycles. The zero-order chi connectivity index (χ0) is 14.7. The van der Waals surface area contributed by atoms with Gasteiger partial charge in [-0.2, -0.15) is 4.68 Å². The van der Waals surface area contributed by atoms with E-state index in [4.69, 9.17) is 16.3 Å². The van der Waals surface area contributed by atoms with Gasteiger partial charge in [-0.05, 0) is 22.6 Å². The lowest BCUT2D eigenvalue weighted by Gasteiger charge is -2.11. The van der Waals surface area contributed by atoms with Crippen molar-refractivity contribution in [3.8, 4) is 11.4 Å². The molecule has 21 heavy (non-hydrogen) atoms. The molecule has 0 fully saturated rings. The first-order valence-corrected chi connectivity index (χ1v) is 7.21. The molecule has 108 valence electrons. The van der Waals surface area contributed by atoms with E-state index < -0.39 is 0 Å². The second-order valence-corrected chi connectivity index (χ2v) is 5.77. The minimum absolute atomic E-state index is 0.540. The van der Waals surface area contributed by atoms with Gasteiger partial charge in [0.05, 0.1) is 13.7 Å². The fraction of sp³-hybridized carbons (Fsp3) is 0.167. The van der Waals surface area contributed by atoms with Crippen LogP contribution in [0, 0.1) is 0 Å². The maximum absolute atomic E-state index is 5.81. The zero-order valence-electron chi connectivity index (χ0n) is 11.0. The molecule has 0 unspecified atom stereocenters. The van der Waals surface area contributed by atoms with Crippen LogP contribution < -0.4 is 10.1 Å². The number of nitrogens with zero attached hydrogens (tertiary/aromatic N) is 5. The number of benzene rings is 1. The summed E-state index contributed by atoms with van der Waals surface area (Å²) in [5.41, 5.74) is 1.70. The SMILES string of the molecule is COc1cc(NCc2cnc(Cl)s2)ccc1-n1cnnn1. The Balaban J connectivity index is 1.78. The highest BCUT2D eigenvalue weighted by Gasteiger charge is 2.08. The van der Waals surface area contributed by atoms with E-state index in [0.717, 1.165) is 16.3 Å². The van der Waals surface area contributed by atoms with Gasteiger partial charge in [-0.25, -0.2) is 4.98 Å². The van der Waals surface area contributed by atoms with Gasteiger partial charge in [0.15, 0.2) is 4.47 Å². The maximum Gasteiger partial charge on any atom is 0.183 e. The first-order valence-electron chi connectivity index (χ1n) is 6.02. The lowest BCUT2D eigenvalue weighted by molar-refractivity contribution is 0.411. The Morgan fingerprint density at radius 1 is 1.43 bits per heavy atom. The molecule has 0 bridgehead atoms. The summed E-state index contributed by atoms with van der Waals surface area (Å²) >= 11 is 7.25. The van der Waals surface area contributed by atoms with Crippen LogP contribution in [0.5, 0.6) is 5.75 Å². The first-order chi connectivity index (χ1) is 10.3. The van der Waals surface area contributed by atoms with E-state index in [0.29, 0.717) is 16.8 Å². The molecule has 0 aliphatic rings. The van der Waals surface area contributed by atoms with Gasteiger partial charge >= 0.3 is 0 Å². The summed E-state index contributed by atoms with van der Waals surface area (Å²) in [7, 11) is 1.61. The lowest BCUT2D eigenvalue weighted by atomic mass is 10.2. The third-order valence-electron chi connectivity index (χ3n) is 2.77. The molecule has 0 atom stereocenters. The van der Waals surface area contributed by atoms with E-state index in [1.807, 2.05) is 18.2 Å². The summed E-state index contributed by atoms with van der Waals surface area (Å²) in [4.78, 5) is 5.06. The normalized spacial score (nSPS) is 10.6. The standard InChI is InChI=1S/C12H11ClN6OS/c1-20-11-4-8(14-5-9-6-15-12(13)21-9)2-3-10(11)19-7-16-17-18-19/h2-4,6-7,14H,5H2,1H3. The number of thiazole rings is 1. The van der Waals surface area contributed by atoms with E-state index in [2.05, 4.69) is 25.8 Å². The number of tetrazole rings is 1. The molecular weight excluding hydrogens is 312 g/mol. The summed E-state index contributed by atoms with van der Waals surface area (Å²) < 4.78 is 7.47. The van der Waals surface area contributed by atoms with Gasteiger partial charge < -0.3 is 10.1 Å². The minimum atomic E-state index is 0.540. The molecule has 0 aliphatic carbocycles. The van der Waals surface area contributed by atoms with Crippen molar-refractivity contribution in [2.75, 3.05) is 12.4 Å². The van der Waals surface area contributed by atoms with E-state index in [1.165, 1.54) is 17.7 Å². The monoisotopic (exact) mass is 322 g/mol. The molecule has 9 heteroatoms. The molecular formula is C12H11ClN6OS. The molecule has 0 amide bonds. The number of anilines is 1. The molecule has 3 rings (SSSR count). The highest BCUT2D eigenvalue weighted by molar-refractivity contribution is 7.15. The Labute approximate surface area is 129 Å². The number of nitrogens with one attached hydrogen (secondary N) is 1. The van der Waals surface area contributed by atoms with E-state index in [9.17, 15) is 0 Å². The van der Waals surface area contributed by atoms with Crippen molar-refractivity contribution in [1.82, 2.24) is 25.2 Å². The number of aromatic nitrogens is 5. The molecule has 0 spiro atoms. The van der Waals surface area contributed by atoms with Crippen LogP contribution in [-0.2, 0) is 6.54 Å². The summed E-state index contributed by atoms with van der Waals surface area (Å²) in [6.07, 6.45) is 3.27. The van der Waals surface area contributed by atoms with Crippen LogP contribution in [0.3, 0.4) is 0 Å². The van der Waals surface area contributed by atoms with Crippen LogP contribution in [0.4, 0.5) is 5.69 Å². The smallest absolute Gasteiger partial charge is 0.183 e. The average Bonchev–Trinajstić information content (AvgIpc) is 3.16. The number of rotatable bonds is 5. The first kappa shape index (κ1) is 13.8. The zero-order valence-corrected chi connectivity index (χ0v) is 12.6. The highest BCUT2D eigenvalue weighted by atomic mass is 35.5. The average molecular weight is 323 g/mol. The molecule has 0 saturated heterocycles. The van der Waals surface area contributed by atoms with Crippen molar-refractivity contribution in [3.05, 3.63) is 40.1 Å². The second-order valence-electron chi connectivity index (χ2n) is 4.07. The van der Waals surface area contributed by atoms with Crippen molar-refractivity contribution in [2.45, 2.75) is 6.54 Å². The predicted octanol–water partition coefficient (Wildman–Crippen LogP) is 2.39. The van der Waals surface area contributed by atoms with Gasteiger partial charge in [0.1, 0.15) is 17.8 Å². The summed E-state index contributed by atoms with van der Waals surface area (Å²) in [5, 5.41) is 14.4. The fourth-order valence-corrected chi connectivity index (χ4v) is 2.72. The van der Waals surface area contributed by atoms with Crippen LogP contribution in [-0.4, -0.2) is 32.3 Å². The molecule has 1 aromatic carbocycles.